The second-order valence-electron chi connectivity index (χ2n) is 7.48. The molecule has 1 atom stereocenters. The predicted molar refractivity (Wildman–Crippen MR) is 117 cm³/mol. The number of aromatic nitrogens is 6. The van der Waals surface area contributed by atoms with E-state index in [1.54, 1.807) is 6.33 Å². The van der Waals surface area contributed by atoms with E-state index in [2.05, 4.69) is 48.6 Å². The Morgan fingerprint density at radius 1 is 1.23 bits per heavy atom. The summed E-state index contributed by atoms with van der Waals surface area (Å²) in [6, 6.07) is 8.26. The Bertz CT molecular complexity index is 1040. The molecule has 0 radical (unpaired) electrons. The van der Waals surface area contributed by atoms with E-state index in [0.717, 1.165) is 54.1 Å². The molecule has 2 N–H and O–H groups in total. The first-order valence-electron chi connectivity index (χ1n) is 10.6. The average molecular weight is 424 g/mol. The third kappa shape index (κ3) is 4.84. The Kier molecular flexibility index (Phi) is 6.44. The van der Waals surface area contributed by atoms with Gasteiger partial charge < -0.3 is 24.5 Å². The van der Waals surface area contributed by atoms with Crippen LogP contribution in [0.4, 0.5) is 0 Å². The number of hydrogen-bond acceptors (Lipinski definition) is 6. The standard InChI is InChI=1S/C21H29N9O/c1-4-19-27-24-14-30(19)11-10-22-21(23-13-20-28-26-15(2)29(20)3)25-17-9-12-31-18-8-6-5-7-16(17)18/h5-8,14,17H,4,9-13H2,1-3H3,(H2,22,23,25). The molecule has 0 spiro atoms. The number of benzene rings is 1. The first-order chi connectivity index (χ1) is 15.2. The summed E-state index contributed by atoms with van der Waals surface area (Å²) in [7, 11) is 1.95. The van der Waals surface area contributed by atoms with E-state index in [-0.39, 0.29) is 6.04 Å². The number of guanidine groups is 1. The van der Waals surface area contributed by atoms with Gasteiger partial charge in [0.25, 0.3) is 0 Å². The third-order valence-electron chi connectivity index (χ3n) is 5.49. The van der Waals surface area contributed by atoms with E-state index >= 15 is 0 Å². The smallest absolute Gasteiger partial charge is 0.192 e. The Morgan fingerprint density at radius 2 is 2.10 bits per heavy atom. The Labute approximate surface area is 181 Å². The van der Waals surface area contributed by atoms with Crippen molar-refractivity contribution >= 4 is 5.96 Å². The van der Waals surface area contributed by atoms with E-state index in [4.69, 9.17) is 9.73 Å². The highest BCUT2D eigenvalue weighted by Crippen LogP contribution is 2.31. The minimum absolute atomic E-state index is 0.124. The Morgan fingerprint density at radius 3 is 2.90 bits per heavy atom. The molecule has 0 fully saturated rings. The summed E-state index contributed by atoms with van der Waals surface area (Å²) in [6.07, 6.45) is 3.48. The second-order valence-corrected chi connectivity index (χ2v) is 7.48. The topological polar surface area (TPSA) is 107 Å². The van der Waals surface area contributed by atoms with Crippen LogP contribution in [-0.4, -0.2) is 48.6 Å². The number of aliphatic imine (C=N–C) groups is 1. The number of fused-ring (bicyclic) bond motifs is 1. The summed E-state index contributed by atoms with van der Waals surface area (Å²) < 4.78 is 9.81. The molecule has 31 heavy (non-hydrogen) atoms. The molecule has 10 heteroatoms. The van der Waals surface area contributed by atoms with Crippen molar-refractivity contribution in [3.63, 3.8) is 0 Å². The average Bonchev–Trinajstić information content (AvgIpc) is 3.38. The normalized spacial score (nSPS) is 16.0. The summed E-state index contributed by atoms with van der Waals surface area (Å²) in [5.41, 5.74) is 1.14. The van der Waals surface area contributed by atoms with Gasteiger partial charge >= 0.3 is 0 Å². The lowest BCUT2D eigenvalue weighted by Crippen LogP contribution is -2.42. The van der Waals surface area contributed by atoms with Gasteiger partial charge in [0.1, 0.15) is 30.3 Å². The fourth-order valence-electron chi connectivity index (χ4n) is 3.58. The summed E-state index contributed by atoms with van der Waals surface area (Å²) >= 11 is 0. The Hall–Kier alpha value is -3.43. The van der Waals surface area contributed by atoms with Crippen molar-refractivity contribution in [2.45, 2.75) is 45.8 Å². The van der Waals surface area contributed by atoms with Crippen LogP contribution in [0.25, 0.3) is 0 Å². The van der Waals surface area contributed by atoms with Crippen LogP contribution < -0.4 is 15.4 Å². The molecule has 1 aliphatic heterocycles. The molecule has 4 rings (SSSR count). The molecule has 1 aliphatic rings. The molecule has 1 aromatic carbocycles. The van der Waals surface area contributed by atoms with Gasteiger partial charge in [-0.25, -0.2) is 4.99 Å². The van der Waals surface area contributed by atoms with Crippen molar-refractivity contribution in [3.05, 3.63) is 53.6 Å². The van der Waals surface area contributed by atoms with Crippen LogP contribution >= 0.6 is 0 Å². The van der Waals surface area contributed by atoms with Crippen molar-refractivity contribution in [1.29, 1.82) is 0 Å². The van der Waals surface area contributed by atoms with Crippen LogP contribution in [0.3, 0.4) is 0 Å². The first kappa shape index (κ1) is 20.8. The monoisotopic (exact) mass is 423 g/mol. The quantitative estimate of drug-likeness (QED) is 0.438. The number of nitrogens with one attached hydrogen (secondary N) is 2. The predicted octanol–water partition coefficient (Wildman–Crippen LogP) is 1.54. The summed E-state index contributed by atoms with van der Waals surface area (Å²) in [4.78, 5) is 4.79. The number of hydrogen-bond donors (Lipinski definition) is 2. The maximum absolute atomic E-state index is 5.80. The van der Waals surface area contributed by atoms with E-state index in [1.807, 2.05) is 36.7 Å². The third-order valence-corrected chi connectivity index (χ3v) is 5.49. The van der Waals surface area contributed by atoms with Gasteiger partial charge in [0, 0.05) is 38.5 Å². The maximum atomic E-state index is 5.80. The van der Waals surface area contributed by atoms with Gasteiger partial charge in [0.15, 0.2) is 11.8 Å². The fourth-order valence-corrected chi connectivity index (χ4v) is 3.58. The fraction of sp³-hybridized carbons (Fsp3) is 0.476. The lowest BCUT2D eigenvalue weighted by Gasteiger charge is -2.28. The molecule has 164 valence electrons. The highest BCUT2D eigenvalue weighted by atomic mass is 16.5. The molecule has 1 unspecified atom stereocenters. The molecule has 2 aromatic heterocycles. The minimum Gasteiger partial charge on any atom is -0.493 e. The maximum Gasteiger partial charge on any atom is 0.192 e. The van der Waals surface area contributed by atoms with Crippen LogP contribution in [0.1, 0.15) is 42.4 Å². The number of nitrogens with zero attached hydrogens (tertiary/aromatic N) is 7. The van der Waals surface area contributed by atoms with Crippen molar-refractivity contribution in [1.82, 2.24) is 40.2 Å². The minimum atomic E-state index is 0.124. The molecule has 0 saturated carbocycles. The van der Waals surface area contributed by atoms with Crippen LogP contribution in [-0.2, 0) is 26.6 Å². The first-order valence-corrected chi connectivity index (χ1v) is 10.6. The number of para-hydroxylation sites is 1. The van der Waals surface area contributed by atoms with Gasteiger partial charge in [-0.3, -0.25) is 0 Å². The molecule has 0 saturated heterocycles. The van der Waals surface area contributed by atoms with Crippen molar-refractivity contribution in [3.8, 4) is 5.75 Å². The zero-order chi connectivity index (χ0) is 21.6. The number of aryl methyl sites for hydroxylation is 2. The molecule has 0 bridgehead atoms. The van der Waals surface area contributed by atoms with E-state index in [1.165, 1.54) is 0 Å². The van der Waals surface area contributed by atoms with Crippen molar-refractivity contribution < 1.29 is 4.74 Å². The van der Waals surface area contributed by atoms with Crippen LogP contribution in [0.5, 0.6) is 5.75 Å². The zero-order valence-corrected chi connectivity index (χ0v) is 18.2. The highest BCUT2D eigenvalue weighted by Gasteiger charge is 2.22. The molecular formula is C21H29N9O. The van der Waals surface area contributed by atoms with Gasteiger partial charge in [0.05, 0.1) is 12.6 Å². The summed E-state index contributed by atoms with van der Waals surface area (Å²) in [5.74, 6) is 4.31. The highest BCUT2D eigenvalue weighted by molar-refractivity contribution is 5.80. The number of ether oxygens (including phenoxy) is 1. The summed E-state index contributed by atoms with van der Waals surface area (Å²) in [6.45, 7) is 6.56. The SMILES string of the molecule is CCc1nncn1CCNC(=NCc1nnc(C)n1C)NC1CCOc2ccccc21. The van der Waals surface area contributed by atoms with Gasteiger partial charge in [-0.15, -0.1) is 20.4 Å². The van der Waals surface area contributed by atoms with E-state index in [9.17, 15) is 0 Å². The van der Waals surface area contributed by atoms with Gasteiger partial charge in [-0.1, -0.05) is 25.1 Å². The molecule has 0 aliphatic carbocycles. The lowest BCUT2D eigenvalue weighted by atomic mass is 10.0. The molecule has 0 amide bonds. The lowest BCUT2D eigenvalue weighted by molar-refractivity contribution is 0.261. The Balaban J connectivity index is 1.48. The van der Waals surface area contributed by atoms with Crippen molar-refractivity contribution in [2.24, 2.45) is 12.0 Å². The van der Waals surface area contributed by atoms with Gasteiger partial charge in [0.2, 0.25) is 0 Å². The second kappa shape index (κ2) is 9.59. The molecule has 3 heterocycles. The van der Waals surface area contributed by atoms with E-state index in [0.29, 0.717) is 19.7 Å². The number of rotatable bonds is 7. The molecule has 3 aromatic rings. The summed E-state index contributed by atoms with van der Waals surface area (Å²) in [5, 5.41) is 23.5. The van der Waals surface area contributed by atoms with Crippen LogP contribution in [0.2, 0.25) is 0 Å². The molecular weight excluding hydrogens is 394 g/mol. The molecule has 10 nitrogen and oxygen atoms in total. The van der Waals surface area contributed by atoms with E-state index < -0.39 is 0 Å². The van der Waals surface area contributed by atoms with Crippen LogP contribution in [0, 0.1) is 6.92 Å². The van der Waals surface area contributed by atoms with Crippen LogP contribution in [0.15, 0.2) is 35.6 Å². The van der Waals surface area contributed by atoms with Crippen molar-refractivity contribution in [2.75, 3.05) is 13.2 Å². The largest absolute Gasteiger partial charge is 0.493 e. The van der Waals surface area contributed by atoms with Gasteiger partial charge in [-0.05, 0) is 13.0 Å². The van der Waals surface area contributed by atoms with Gasteiger partial charge in [-0.2, -0.15) is 0 Å². The zero-order valence-electron chi connectivity index (χ0n) is 18.2.